The summed E-state index contributed by atoms with van der Waals surface area (Å²) < 4.78 is 5.04. The predicted molar refractivity (Wildman–Crippen MR) is 79.6 cm³/mol. The largest absolute Gasteiger partial charge is 0.440 e. The Morgan fingerprint density at radius 1 is 0.957 bits per heavy atom. The van der Waals surface area contributed by atoms with E-state index in [2.05, 4.69) is 0 Å². The van der Waals surface area contributed by atoms with E-state index in [9.17, 15) is 14.4 Å². The summed E-state index contributed by atoms with van der Waals surface area (Å²) in [6, 6.07) is 12.7. The average molecular weight is 311 g/mol. The molecule has 6 nitrogen and oxygen atoms in total. The van der Waals surface area contributed by atoms with E-state index in [1.54, 1.807) is 36.4 Å². The van der Waals surface area contributed by atoms with Gasteiger partial charge in [0.05, 0.1) is 23.3 Å². The van der Waals surface area contributed by atoms with Crippen molar-refractivity contribution in [3.8, 4) is 0 Å². The molecule has 23 heavy (non-hydrogen) atoms. The first-order valence-electron chi connectivity index (χ1n) is 6.94. The van der Waals surface area contributed by atoms with Crippen molar-refractivity contribution in [1.29, 1.82) is 0 Å². The Bertz CT molecular complexity index is 747. The molecule has 0 spiro atoms. The molecular weight excluding hydrogens is 298 g/mol. The molecule has 0 aromatic heterocycles. The smallest absolute Gasteiger partial charge is 0.339 e. The Morgan fingerprint density at radius 3 is 2.04 bits per heavy atom. The highest BCUT2D eigenvalue weighted by atomic mass is 16.5. The van der Waals surface area contributed by atoms with Gasteiger partial charge in [0.25, 0.3) is 11.8 Å². The zero-order chi connectivity index (χ0) is 16.4. The summed E-state index contributed by atoms with van der Waals surface area (Å²) in [6.07, 6.45) is 0. The molecule has 1 aliphatic rings. The van der Waals surface area contributed by atoms with Gasteiger partial charge in [-0.25, -0.2) is 9.69 Å². The van der Waals surface area contributed by atoms with Crippen molar-refractivity contribution in [2.45, 2.75) is 6.61 Å². The van der Waals surface area contributed by atoms with Gasteiger partial charge in [-0.2, -0.15) is 0 Å². The van der Waals surface area contributed by atoms with Crippen LogP contribution in [0.3, 0.4) is 0 Å². The summed E-state index contributed by atoms with van der Waals surface area (Å²) in [5.41, 5.74) is 1.56. The lowest BCUT2D eigenvalue weighted by Crippen LogP contribution is -2.33. The van der Waals surface area contributed by atoms with Crippen LogP contribution in [0, 0.1) is 0 Å². The zero-order valence-corrected chi connectivity index (χ0v) is 12.1. The van der Waals surface area contributed by atoms with Gasteiger partial charge in [-0.15, -0.1) is 0 Å². The molecule has 0 radical (unpaired) electrons. The first kappa shape index (κ1) is 14.9. The minimum absolute atomic E-state index is 0.121. The highest BCUT2D eigenvalue weighted by Crippen LogP contribution is 2.22. The minimum Gasteiger partial charge on any atom is -0.440 e. The molecule has 0 fully saturated rings. The molecule has 2 aromatic rings. The third-order valence-corrected chi connectivity index (χ3v) is 3.58. The van der Waals surface area contributed by atoms with E-state index >= 15 is 0 Å². The molecule has 0 saturated heterocycles. The summed E-state index contributed by atoms with van der Waals surface area (Å²) in [7, 11) is 0. The number of carbonyl (C=O) groups excluding carboxylic acids is 3. The van der Waals surface area contributed by atoms with Gasteiger partial charge in [-0.3, -0.25) is 9.59 Å². The molecule has 0 unspecified atom stereocenters. The van der Waals surface area contributed by atoms with Crippen LogP contribution in [0.1, 0.15) is 36.6 Å². The number of nitrogens with zero attached hydrogens (tertiary/aromatic N) is 1. The van der Waals surface area contributed by atoms with Gasteiger partial charge < -0.3 is 9.84 Å². The number of rotatable bonds is 4. The van der Waals surface area contributed by atoms with Crippen molar-refractivity contribution < 1.29 is 24.2 Å². The molecule has 1 N–H and O–H groups in total. The summed E-state index contributed by atoms with van der Waals surface area (Å²) in [4.78, 5) is 37.1. The molecule has 3 rings (SSSR count). The number of amides is 2. The van der Waals surface area contributed by atoms with Gasteiger partial charge in [0.1, 0.15) is 0 Å². The van der Waals surface area contributed by atoms with E-state index in [1.165, 1.54) is 12.1 Å². The Balaban J connectivity index is 1.68. The number of ether oxygens (including phenoxy) is 1. The first-order valence-corrected chi connectivity index (χ1v) is 6.94. The molecule has 0 atom stereocenters. The quantitative estimate of drug-likeness (QED) is 0.685. The van der Waals surface area contributed by atoms with Crippen molar-refractivity contribution in [2.24, 2.45) is 0 Å². The maximum Gasteiger partial charge on any atom is 0.339 e. The van der Waals surface area contributed by atoms with Crippen LogP contribution in [0.5, 0.6) is 0 Å². The average Bonchev–Trinajstić information content (AvgIpc) is 2.84. The molecule has 116 valence electrons. The van der Waals surface area contributed by atoms with E-state index in [0.717, 1.165) is 4.90 Å². The number of aliphatic hydroxyl groups excluding tert-OH is 1. The topological polar surface area (TPSA) is 83.9 Å². The van der Waals surface area contributed by atoms with Crippen molar-refractivity contribution in [3.63, 3.8) is 0 Å². The predicted octanol–water partition coefficient (Wildman–Crippen LogP) is 1.59. The molecule has 0 saturated carbocycles. The number of imide groups is 1. The fraction of sp³-hybridized carbons (Fsp3) is 0.118. The van der Waals surface area contributed by atoms with Gasteiger partial charge in [0, 0.05) is 0 Å². The molecule has 0 aliphatic carbocycles. The molecule has 1 aliphatic heterocycles. The number of aliphatic hydroxyl groups is 1. The van der Waals surface area contributed by atoms with Crippen LogP contribution in [-0.2, 0) is 11.3 Å². The molecule has 2 aromatic carbocycles. The summed E-state index contributed by atoms with van der Waals surface area (Å²) in [5.74, 6) is -1.60. The Morgan fingerprint density at radius 2 is 1.52 bits per heavy atom. The van der Waals surface area contributed by atoms with Crippen molar-refractivity contribution >= 4 is 17.8 Å². The van der Waals surface area contributed by atoms with Crippen LogP contribution in [0.25, 0.3) is 0 Å². The van der Waals surface area contributed by atoms with Crippen LogP contribution in [0.15, 0.2) is 48.5 Å². The monoisotopic (exact) mass is 311 g/mol. The van der Waals surface area contributed by atoms with E-state index in [-0.39, 0.29) is 12.2 Å². The second-order valence-corrected chi connectivity index (χ2v) is 5.00. The van der Waals surface area contributed by atoms with E-state index in [1.807, 2.05) is 0 Å². The van der Waals surface area contributed by atoms with Gasteiger partial charge in [0.2, 0.25) is 0 Å². The maximum absolute atomic E-state index is 12.1. The molecule has 0 bridgehead atoms. The fourth-order valence-electron chi connectivity index (χ4n) is 2.31. The van der Waals surface area contributed by atoms with Crippen LogP contribution in [0.2, 0.25) is 0 Å². The first-order chi connectivity index (χ1) is 11.1. The van der Waals surface area contributed by atoms with Crippen LogP contribution >= 0.6 is 0 Å². The Labute approximate surface area is 131 Å². The highest BCUT2D eigenvalue weighted by molar-refractivity contribution is 6.21. The van der Waals surface area contributed by atoms with E-state index in [0.29, 0.717) is 16.7 Å². The lowest BCUT2D eigenvalue weighted by Gasteiger charge is -2.14. The Hall–Kier alpha value is -2.99. The van der Waals surface area contributed by atoms with Gasteiger partial charge in [-0.1, -0.05) is 24.3 Å². The van der Waals surface area contributed by atoms with Crippen LogP contribution in [0.4, 0.5) is 0 Å². The minimum atomic E-state index is -0.647. The summed E-state index contributed by atoms with van der Waals surface area (Å²) >= 11 is 0. The standard InChI is InChI=1S/C17H13NO5/c19-9-11-5-7-12(8-6-11)17(22)23-10-18-15(20)13-3-1-2-4-14(13)16(18)21/h1-8,19H,9-10H2. The van der Waals surface area contributed by atoms with Gasteiger partial charge >= 0.3 is 5.97 Å². The third kappa shape index (κ3) is 2.72. The van der Waals surface area contributed by atoms with Crippen LogP contribution < -0.4 is 0 Å². The number of carbonyl (C=O) groups is 3. The van der Waals surface area contributed by atoms with Gasteiger partial charge in [-0.05, 0) is 29.8 Å². The number of fused-ring (bicyclic) bond motifs is 1. The maximum atomic E-state index is 12.1. The molecule has 6 heteroatoms. The normalized spacial score (nSPS) is 13.2. The third-order valence-electron chi connectivity index (χ3n) is 3.58. The number of hydrogen-bond acceptors (Lipinski definition) is 5. The Kier molecular flexibility index (Phi) is 3.91. The highest BCUT2D eigenvalue weighted by Gasteiger charge is 2.35. The van der Waals surface area contributed by atoms with Crippen molar-refractivity contribution in [2.75, 3.05) is 6.73 Å². The summed E-state index contributed by atoms with van der Waals surface area (Å²) in [6.45, 7) is -0.558. The summed E-state index contributed by atoms with van der Waals surface area (Å²) in [5, 5.41) is 8.96. The van der Waals surface area contributed by atoms with Crippen molar-refractivity contribution in [3.05, 3.63) is 70.8 Å². The molecular formula is C17H13NO5. The van der Waals surface area contributed by atoms with Gasteiger partial charge in [0.15, 0.2) is 6.73 Å². The fourth-order valence-corrected chi connectivity index (χ4v) is 2.31. The number of hydrogen-bond donors (Lipinski definition) is 1. The van der Waals surface area contributed by atoms with E-state index < -0.39 is 24.5 Å². The lowest BCUT2D eigenvalue weighted by atomic mass is 10.1. The second-order valence-electron chi connectivity index (χ2n) is 5.00. The zero-order valence-electron chi connectivity index (χ0n) is 12.1. The molecule has 2 amide bonds. The SMILES string of the molecule is O=C(OCN1C(=O)c2ccccc2C1=O)c1ccc(CO)cc1. The van der Waals surface area contributed by atoms with Crippen molar-refractivity contribution in [1.82, 2.24) is 4.90 Å². The van der Waals surface area contributed by atoms with E-state index in [4.69, 9.17) is 9.84 Å². The second kappa shape index (κ2) is 6.02. The molecule has 1 heterocycles. The lowest BCUT2D eigenvalue weighted by molar-refractivity contribution is 0.0228. The van der Waals surface area contributed by atoms with Crippen LogP contribution in [-0.4, -0.2) is 34.5 Å². The number of benzene rings is 2. The number of esters is 1.